The van der Waals surface area contributed by atoms with Crippen molar-refractivity contribution in [2.45, 2.75) is 32.0 Å². The molecule has 0 aromatic heterocycles. The topological polar surface area (TPSA) is 61.7 Å². The highest BCUT2D eigenvalue weighted by Gasteiger charge is 2.26. The first kappa shape index (κ1) is 14.3. The molecule has 1 unspecified atom stereocenters. The van der Waals surface area contributed by atoms with E-state index in [9.17, 15) is 5.11 Å². The van der Waals surface area contributed by atoms with E-state index in [2.05, 4.69) is 5.32 Å². The largest absolute Gasteiger partial charge is 0.491 e. The zero-order chi connectivity index (χ0) is 13.7. The van der Waals surface area contributed by atoms with Gasteiger partial charge in [-0.15, -0.1) is 0 Å². The van der Waals surface area contributed by atoms with Crippen LogP contribution in [0.15, 0.2) is 24.3 Å². The number of hydrogen-bond acceptors (Lipinski definition) is 4. The molecule has 0 aliphatic heterocycles. The van der Waals surface area contributed by atoms with Crippen LogP contribution >= 0.6 is 0 Å². The molecule has 1 aliphatic rings. The van der Waals surface area contributed by atoms with Gasteiger partial charge in [0.25, 0.3) is 0 Å². The summed E-state index contributed by atoms with van der Waals surface area (Å²) < 4.78 is 5.51. The number of aliphatic hydroxyl groups is 2. The van der Waals surface area contributed by atoms with Gasteiger partial charge in [-0.1, -0.05) is 17.7 Å². The molecule has 0 radical (unpaired) electrons. The number of hydrogen-bond donors (Lipinski definition) is 3. The Morgan fingerprint density at radius 3 is 2.63 bits per heavy atom. The fraction of sp³-hybridized carbons (Fsp3) is 0.600. The lowest BCUT2D eigenvalue weighted by Crippen LogP contribution is -2.39. The summed E-state index contributed by atoms with van der Waals surface area (Å²) in [6.45, 7) is 3.71. The van der Waals surface area contributed by atoms with E-state index in [-0.39, 0.29) is 6.10 Å². The van der Waals surface area contributed by atoms with Gasteiger partial charge in [-0.3, -0.25) is 0 Å². The molecule has 0 amide bonds. The lowest BCUT2D eigenvalue weighted by molar-refractivity contribution is 0.0400. The van der Waals surface area contributed by atoms with Crippen molar-refractivity contribution in [2.75, 3.05) is 19.7 Å². The van der Waals surface area contributed by atoms with Crippen LogP contribution in [0.3, 0.4) is 0 Å². The van der Waals surface area contributed by atoms with Crippen molar-refractivity contribution >= 4 is 0 Å². The first-order chi connectivity index (χ1) is 9.13. The Morgan fingerprint density at radius 1 is 1.32 bits per heavy atom. The average Bonchev–Trinajstić information content (AvgIpc) is 2.36. The number of ether oxygens (including phenoxy) is 1. The molecule has 2 rings (SSSR count). The van der Waals surface area contributed by atoms with Crippen LogP contribution in [0.2, 0.25) is 0 Å². The summed E-state index contributed by atoms with van der Waals surface area (Å²) in [6, 6.07) is 7.79. The summed E-state index contributed by atoms with van der Waals surface area (Å²) in [7, 11) is 0. The van der Waals surface area contributed by atoms with Crippen molar-refractivity contribution in [2.24, 2.45) is 5.92 Å². The number of benzene rings is 1. The molecular formula is C15H23NO3. The minimum atomic E-state index is -0.508. The molecule has 1 aliphatic carbocycles. The van der Waals surface area contributed by atoms with Crippen molar-refractivity contribution in [3.63, 3.8) is 0 Å². The van der Waals surface area contributed by atoms with Crippen LogP contribution in [-0.4, -0.2) is 42.1 Å². The Morgan fingerprint density at radius 2 is 2.00 bits per heavy atom. The third-order valence-corrected chi connectivity index (χ3v) is 3.49. The highest BCUT2D eigenvalue weighted by Crippen LogP contribution is 2.25. The molecule has 1 saturated carbocycles. The van der Waals surface area contributed by atoms with Crippen LogP contribution in [-0.2, 0) is 0 Å². The summed E-state index contributed by atoms with van der Waals surface area (Å²) in [5.41, 5.74) is 1.19. The van der Waals surface area contributed by atoms with E-state index in [0.29, 0.717) is 19.1 Å². The van der Waals surface area contributed by atoms with Crippen molar-refractivity contribution in [3.05, 3.63) is 29.8 Å². The van der Waals surface area contributed by atoms with Crippen LogP contribution in [0.1, 0.15) is 18.4 Å². The van der Waals surface area contributed by atoms with Crippen LogP contribution < -0.4 is 10.1 Å². The molecule has 106 valence electrons. The van der Waals surface area contributed by atoms with Crippen molar-refractivity contribution in [1.29, 1.82) is 0 Å². The molecule has 0 spiro atoms. The highest BCUT2D eigenvalue weighted by molar-refractivity contribution is 5.26. The van der Waals surface area contributed by atoms with Gasteiger partial charge in [0.15, 0.2) is 0 Å². The van der Waals surface area contributed by atoms with E-state index in [0.717, 1.165) is 25.1 Å². The molecule has 0 bridgehead atoms. The predicted octanol–water partition coefficient (Wildman–Crippen LogP) is 1.10. The summed E-state index contributed by atoms with van der Waals surface area (Å²) in [6.07, 6.45) is 1.14. The normalized spacial score (nSPS) is 23.7. The second-order valence-corrected chi connectivity index (χ2v) is 5.43. The van der Waals surface area contributed by atoms with Gasteiger partial charge in [-0.2, -0.15) is 0 Å². The average molecular weight is 265 g/mol. The van der Waals surface area contributed by atoms with Gasteiger partial charge >= 0.3 is 0 Å². The molecule has 1 aromatic rings. The van der Waals surface area contributed by atoms with Crippen LogP contribution in [0.25, 0.3) is 0 Å². The van der Waals surface area contributed by atoms with E-state index < -0.39 is 6.10 Å². The third kappa shape index (κ3) is 4.82. The smallest absolute Gasteiger partial charge is 0.119 e. The number of aryl methyl sites for hydroxylation is 1. The van der Waals surface area contributed by atoms with E-state index in [1.165, 1.54) is 5.56 Å². The summed E-state index contributed by atoms with van der Waals surface area (Å²) in [5, 5.41) is 22.2. The molecule has 0 heterocycles. The Balaban J connectivity index is 1.56. The first-order valence-electron chi connectivity index (χ1n) is 6.90. The second kappa shape index (κ2) is 6.89. The lowest BCUT2D eigenvalue weighted by Gasteiger charge is -2.31. The standard InChI is InChI=1S/C15H23NO3/c1-11-2-4-15(5-3-11)19-10-14(18)9-16-8-12-6-13(17)7-12/h2-5,12-14,16-18H,6-10H2,1H3. The zero-order valence-electron chi connectivity index (χ0n) is 11.4. The monoisotopic (exact) mass is 265 g/mol. The maximum atomic E-state index is 9.78. The van der Waals surface area contributed by atoms with E-state index in [1.807, 2.05) is 31.2 Å². The minimum Gasteiger partial charge on any atom is -0.491 e. The summed E-state index contributed by atoms with van der Waals surface area (Å²) in [5.74, 6) is 1.34. The van der Waals surface area contributed by atoms with E-state index >= 15 is 0 Å². The third-order valence-electron chi connectivity index (χ3n) is 3.49. The van der Waals surface area contributed by atoms with Crippen LogP contribution in [0.4, 0.5) is 0 Å². The quantitative estimate of drug-likeness (QED) is 0.691. The van der Waals surface area contributed by atoms with Gasteiger partial charge in [0, 0.05) is 6.54 Å². The van der Waals surface area contributed by atoms with Gasteiger partial charge in [0.05, 0.1) is 6.10 Å². The molecule has 1 fully saturated rings. The Kier molecular flexibility index (Phi) is 5.19. The maximum absolute atomic E-state index is 9.78. The maximum Gasteiger partial charge on any atom is 0.119 e. The zero-order valence-corrected chi connectivity index (χ0v) is 11.4. The van der Waals surface area contributed by atoms with E-state index in [4.69, 9.17) is 9.84 Å². The van der Waals surface area contributed by atoms with Gasteiger partial charge in [-0.05, 0) is 44.4 Å². The molecule has 4 heteroatoms. The molecule has 19 heavy (non-hydrogen) atoms. The molecule has 1 atom stereocenters. The number of aliphatic hydroxyl groups excluding tert-OH is 2. The molecule has 0 saturated heterocycles. The van der Waals surface area contributed by atoms with Crippen LogP contribution in [0.5, 0.6) is 5.75 Å². The summed E-state index contributed by atoms with van der Waals surface area (Å²) in [4.78, 5) is 0. The predicted molar refractivity (Wildman–Crippen MR) is 74.3 cm³/mol. The lowest BCUT2D eigenvalue weighted by atomic mass is 9.82. The Hall–Kier alpha value is -1.10. The number of rotatable bonds is 7. The highest BCUT2D eigenvalue weighted by atomic mass is 16.5. The molecule has 1 aromatic carbocycles. The summed E-state index contributed by atoms with van der Waals surface area (Å²) >= 11 is 0. The van der Waals surface area contributed by atoms with Crippen molar-refractivity contribution in [1.82, 2.24) is 5.32 Å². The van der Waals surface area contributed by atoms with Crippen molar-refractivity contribution in [3.8, 4) is 5.75 Å². The second-order valence-electron chi connectivity index (χ2n) is 5.43. The minimum absolute atomic E-state index is 0.110. The van der Waals surface area contributed by atoms with Crippen LogP contribution in [0, 0.1) is 12.8 Å². The molecule has 3 N–H and O–H groups in total. The molecule has 4 nitrogen and oxygen atoms in total. The van der Waals surface area contributed by atoms with Gasteiger partial charge in [0.2, 0.25) is 0 Å². The van der Waals surface area contributed by atoms with E-state index in [1.54, 1.807) is 0 Å². The Bertz CT molecular complexity index is 373. The SMILES string of the molecule is Cc1ccc(OCC(O)CNCC2CC(O)C2)cc1. The molecular weight excluding hydrogens is 242 g/mol. The number of nitrogens with one attached hydrogen (secondary N) is 1. The fourth-order valence-electron chi connectivity index (χ4n) is 2.21. The fourth-order valence-corrected chi connectivity index (χ4v) is 2.21. The van der Waals surface area contributed by atoms with Crippen molar-refractivity contribution < 1.29 is 14.9 Å². The van der Waals surface area contributed by atoms with Gasteiger partial charge < -0.3 is 20.3 Å². The van der Waals surface area contributed by atoms with Gasteiger partial charge in [0.1, 0.15) is 18.5 Å². The van der Waals surface area contributed by atoms with Gasteiger partial charge in [-0.25, -0.2) is 0 Å². The Labute approximate surface area is 114 Å². The first-order valence-corrected chi connectivity index (χ1v) is 6.90.